The fourth-order valence-electron chi connectivity index (χ4n) is 1.23. The molecule has 16 heavy (non-hydrogen) atoms. The number of anilines is 1. The van der Waals surface area contributed by atoms with Crippen LogP contribution in [0.25, 0.3) is 0 Å². The molecular formula is C7H8N4O5. The van der Waals surface area contributed by atoms with E-state index in [0.29, 0.717) is 4.73 Å². The second kappa shape index (κ2) is 3.96. The third-order valence-corrected chi connectivity index (χ3v) is 2.12. The van der Waals surface area contributed by atoms with Crippen molar-refractivity contribution >= 4 is 11.4 Å². The molecule has 9 heteroatoms. The van der Waals surface area contributed by atoms with Crippen LogP contribution in [0.3, 0.4) is 0 Å². The van der Waals surface area contributed by atoms with Gasteiger partial charge in [-0.15, -0.1) is 0 Å². The molecule has 1 rings (SSSR count). The monoisotopic (exact) mass is 228 g/mol. The van der Waals surface area contributed by atoms with Crippen LogP contribution in [0.15, 0.2) is 6.20 Å². The maximum atomic E-state index is 11.2. The fraction of sp³-hybridized carbons (Fsp3) is 0.286. The standard InChI is InChI=1S/C7H8N4O5/c1-4-5(2)9(12)3-6(8-11(15)16)7(4)10(13)14/h3,8H,1-2H3. The van der Waals surface area contributed by atoms with E-state index in [9.17, 15) is 25.4 Å². The quantitative estimate of drug-likeness (QED) is 0.346. The molecule has 1 aromatic heterocycles. The van der Waals surface area contributed by atoms with Gasteiger partial charge in [-0.3, -0.25) is 10.1 Å². The maximum absolute atomic E-state index is 11.2. The zero-order chi connectivity index (χ0) is 12.5. The average molecular weight is 228 g/mol. The Morgan fingerprint density at radius 2 is 1.88 bits per heavy atom. The highest BCUT2D eigenvalue weighted by atomic mass is 16.7. The van der Waals surface area contributed by atoms with Gasteiger partial charge in [0, 0.05) is 6.92 Å². The first-order valence-corrected chi connectivity index (χ1v) is 4.13. The van der Waals surface area contributed by atoms with E-state index in [1.165, 1.54) is 13.8 Å². The molecule has 1 aromatic rings. The fourth-order valence-corrected chi connectivity index (χ4v) is 1.23. The van der Waals surface area contributed by atoms with Crippen molar-refractivity contribution in [3.05, 3.63) is 42.9 Å². The van der Waals surface area contributed by atoms with Gasteiger partial charge in [-0.1, -0.05) is 5.43 Å². The molecule has 0 saturated heterocycles. The van der Waals surface area contributed by atoms with Gasteiger partial charge in [0.05, 0.1) is 10.5 Å². The highest BCUT2D eigenvalue weighted by Crippen LogP contribution is 2.27. The van der Waals surface area contributed by atoms with Crippen LogP contribution in [0.2, 0.25) is 0 Å². The number of nitrogens with one attached hydrogen (secondary N) is 1. The van der Waals surface area contributed by atoms with Crippen molar-refractivity contribution < 1.29 is 14.7 Å². The molecular weight excluding hydrogens is 220 g/mol. The molecule has 0 bridgehead atoms. The molecule has 9 nitrogen and oxygen atoms in total. The second-order valence-corrected chi connectivity index (χ2v) is 3.05. The van der Waals surface area contributed by atoms with Gasteiger partial charge in [-0.2, -0.15) is 4.73 Å². The first-order chi connectivity index (χ1) is 7.34. The van der Waals surface area contributed by atoms with E-state index in [4.69, 9.17) is 0 Å². The Morgan fingerprint density at radius 3 is 2.31 bits per heavy atom. The molecule has 0 aliphatic heterocycles. The van der Waals surface area contributed by atoms with Gasteiger partial charge >= 0.3 is 5.69 Å². The number of hydrogen-bond acceptors (Lipinski definition) is 5. The third kappa shape index (κ3) is 1.97. The predicted octanol–water partition coefficient (Wildman–Crippen LogP) is 0.449. The number of nitro groups is 2. The Bertz CT molecular complexity index is 472. The van der Waals surface area contributed by atoms with Crippen molar-refractivity contribution in [2.75, 3.05) is 5.43 Å². The molecule has 0 aliphatic rings. The SMILES string of the molecule is Cc1c([N+](=O)[O-])c(N[N+](=O)[O-])c[n+]([O-])c1C. The van der Waals surface area contributed by atoms with E-state index in [0.717, 1.165) is 6.20 Å². The Balaban J connectivity index is 3.46. The Kier molecular flexibility index (Phi) is 2.88. The molecule has 0 aromatic carbocycles. The van der Waals surface area contributed by atoms with Crippen LogP contribution in [-0.4, -0.2) is 9.96 Å². The van der Waals surface area contributed by atoms with Gasteiger partial charge < -0.3 is 5.21 Å². The van der Waals surface area contributed by atoms with Crippen LogP contribution < -0.4 is 10.2 Å². The topological polar surface area (TPSA) is 125 Å². The van der Waals surface area contributed by atoms with E-state index >= 15 is 0 Å². The van der Waals surface area contributed by atoms with Crippen LogP contribution in [0, 0.1) is 39.3 Å². The van der Waals surface area contributed by atoms with Crippen LogP contribution in [0.1, 0.15) is 11.3 Å². The lowest BCUT2D eigenvalue weighted by molar-refractivity contribution is -0.613. The minimum absolute atomic E-state index is 0.0897. The van der Waals surface area contributed by atoms with E-state index < -0.39 is 21.3 Å². The molecule has 0 radical (unpaired) electrons. The van der Waals surface area contributed by atoms with E-state index in [1.54, 1.807) is 5.43 Å². The average Bonchev–Trinajstić information content (AvgIpc) is 2.12. The van der Waals surface area contributed by atoms with E-state index in [1.807, 2.05) is 0 Å². The van der Waals surface area contributed by atoms with Crippen molar-refractivity contribution in [2.45, 2.75) is 13.8 Å². The Hall–Kier alpha value is -2.45. The normalized spacial score (nSPS) is 9.88. The summed E-state index contributed by atoms with van der Waals surface area (Å²) >= 11 is 0. The first kappa shape index (κ1) is 11.6. The van der Waals surface area contributed by atoms with E-state index in [2.05, 4.69) is 0 Å². The molecule has 0 saturated carbocycles. The van der Waals surface area contributed by atoms with Crippen LogP contribution >= 0.6 is 0 Å². The van der Waals surface area contributed by atoms with Gasteiger partial charge in [-0.05, 0) is 6.92 Å². The smallest absolute Gasteiger partial charge is 0.313 e. The lowest BCUT2D eigenvalue weighted by Gasteiger charge is -2.06. The summed E-state index contributed by atoms with van der Waals surface area (Å²) in [4.78, 5) is 20.2. The van der Waals surface area contributed by atoms with Gasteiger partial charge in [0.1, 0.15) is 0 Å². The minimum Gasteiger partial charge on any atom is -0.618 e. The maximum Gasteiger partial charge on any atom is 0.313 e. The highest BCUT2D eigenvalue weighted by Gasteiger charge is 2.27. The summed E-state index contributed by atoms with van der Waals surface area (Å²) in [6.07, 6.45) is 0.767. The zero-order valence-corrected chi connectivity index (χ0v) is 8.46. The molecule has 0 unspecified atom stereocenters. The molecule has 0 aliphatic carbocycles. The van der Waals surface area contributed by atoms with Gasteiger partial charge in [0.15, 0.2) is 10.7 Å². The highest BCUT2D eigenvalue weighted by molar-refractivity contribution is 5.62. The number of nitrogens with zero attached hydrogens (tertiary/aromatic N) is 3. The summed E-state index contributed by atoms with van der Waals surface area (Å²) in [5, 5.41) is 31.2. The molecule has 0 spiro atoms. The number of pyridine rings is 1. The lowest BCUT2D eigenvalue weighted by Crippen LogP contribution is -2.32. The largest absolute Gasteiger partial charge is 0.618 e. The van der Waals surface area contributed by atoms with Gasteiger partial charge in [-0.25, -0.2) is 10.1 Å². The molecule has 0 amide bonds. The second-order valence-electron chi connectivity index (χ2n) is 3.05. The predicted molar refractivity (Wildman–Crippen MR) is 52.1 cm³/mol. The molecule has 86 valence electrons. The summed E-state index contributed by atoms with van der Waals surface area (Å²) < 4.78 is 0.341. The minimum atomic E-state index is -0.961. The molecule has 0 fully saturated rings. The van der Waals surface area contributed by atoms with Crippen molar-refractivity contribution in [2.24, 2.45) is 0 Å². The van der Waals surface area contributed by atoms with Crippen molar-refractivity contribution in [1.82, 2.24) is 0 Å². The molecule has 1 N–H and O–H groups in total. The first-order valence-electron chi connectivity index (χ1n) is 4.13. The lowest BCUT2D eigenvalue weighted by atomic mass is 10.2. The number of hydrazine groups is 1. The summed E-state index contributed by atoms with van der Waals surface area (Å²) in [6.45, 7) is 2.75. The summed E-state index contributed by atoms with van der Waals surface area (Å²) in [5.74, 6) is 0. The van der Waals surface area contributed by atoms with Crippen LogP contribution in [0.4, 0.5) is 11.4 Å². The number of hydrogen-bond donors (Lipinski definition) is 1. The summed E-state index contributed by atoms with van der Waals surface area (Å²) in [7, 11) is 0. The van der Waals surface area contributed by atoms with Crippen molar-refractivity contribution in [3.63, 3.8) is 0 Å². The summed E-state index contributed by atoms with van der Waals surface area (Å²) in [5.41, 5.74) is 0.931. The van der Waals surface area contributed by atoms with E-state index in [-0.39, 0.29) is 11.3 Å². The van der Waals surface area contributed by atoms with Crippen LogP contribution in [-0.2, 0) is 0 Å². The van der Waals surface area contributed by atoms with Gasteiger partial charge in [0.25, 0.3) is 0 Å². The third-order valence-electron chi connectivity index (χ3n) is 2.12. The Morgan fingerprint density at radius 1 is 1.31 bits per heavy atom. The van der Waals surface area contributed by atoms with Crippen molar-refractivity contribution in [3.8, 4) is 0 Å². The molecule has 0 atom stereocenters. The zero-order valence-electron chi connectivity index (χ0n) is 8.46. The Labute approximate surface area is 89.2 Å². The van der Waals surface area contributed by atoms with Gasteiger partial charge in [0.2, 0.25) is 11.9 Å². The summed E-state index contributed by atoms with van der Waals surface area (Å²) in [6, 6.07) is 0. The number of aromatic nitrogens is 1. The van der Waals surface area contributed by atoms with Crippen LogP contribution in [0.5, 0.6) is 0 Å². The number of rotatable bonds is 3. The van der Waals surface area contributed by atoms with Crippen molar-refractivity contribution in [1.29, 1.82) is 0 Å². The molecule has 1 heterocycles.